The summed E-state index contributed by atoms with van der Waals surface area (Å²) in [5, 5.41) is 0. The molecule has 0 aromatic rings. The third kappa shape index (κ3) is 0.852. The summed E-state index contributed by atoms with van der Waals surface area (Å²) in [6.07, 6.45) is 2.37. The van der Waals surface area contributed by atoms with E-state index in [0.29, 0.717) is 6.10 Å². The molecule has 9 heavy (non-hydrogen) atoms. The minimum absolute atomic E-state index is 0.0938. The predicted octanol–water partition coefficient (Wildman–Crippen LogP) is -0.151. The van der Waals surface area contributed by atoms with Crippen LogP contribution in [0.4, 0.5) is 0 Å². The van der Waals surface area contributed by atoms with Crippen LogP contribution in [0, 0.1) is 0 Å². The van der Waals surface area contributed by atoms with Gasteiger partial charge in [0.2, 0.25) is 0 Å². The van der Waals surface area contributed by atoms with Gasteiger partial charge in [0.05, 0.1) is 18.8 Å². The lowest BCUT2D eigenvalue weighted by molar-refractivity contribution is -0.0942. The zero-order valence-electron chi connectivity index (χ0n) is 5.25. The molecule has 2 heterocycles. The van der Waals surface area contributed by atoms with E-state index in [1.807, 2.05) is 0 Å². The lowest BCUT2D eigenvalue weighted by Gasteiger charge is -2.23. The molecule has 52 valence electrons. The molecule has 0 spiro atoms. The van der Waals surface area contributed by atoms with Crippen LogP contribution in [0.15, 0.2) is 0 Å². The predicted molar refractivity (Wildman–Crippen MR) is 31.8 cm³/mol. The van der Waals surface area contributed by atoms with E-state index in [-0.39, 0.29) is 12.3 Å². The highest BCUT2D eigenvalue weighted by atomic mass is 16.7. The van der Waals surface area contributed by atoms with Crippen LogP contribution in [0.1, 0.15) is 12.8 Å². The SMILES string of the molecule is N[C@@H]1CC[C@@H]2CO[C@@H]1O2. The van der Waals surface area contributed by atoms with Crippen molar-refractivity contribution in [2.45, 2.75) is 31.3 Å². The molecule has 2 fully saturated rings. The second kappa shape index (κ2) is 1.94. The van der Waals surface area contributed by atoms with Crippen molar-refractivity contribution in [3.05, 3.63) is 0 Å². The van der Waals surface area contributed by atoms with Crippen LogP contribution in [0.3, 0.4) is 0 Å². The van der Waals surface area contributed by atoms with Crippen LogP contribution in [0.5, 0.6) is 0 Å². The van der Waals surface area contributed by atoms with Crippen LogP contribution in [0.25, 0.3) is 0 Å². The van der Waals surface area contributed by atoms with Crippen molar-refractivity contribution in [3.63, 3.8) is 0 Å². The normalized spacial score (nSPS) is 49.7. The molecular weight excluding hydrogens is 118 g/mol. The van der Waals surface area contributed by atoms with Crippen molar-refractivity contribution >= 4 is 0 Å². The summed E-state index contributed by atoms with van der Waals surface area (Å²) in [6.45, 7) is 0.748. The van der Waals surface area contributed by atoms with E-state index in [1.54, 1.807) is 0 Å². The lowest BCUT2D eigenvalue weighted by Crippen LogP contribution is -2.39. The second-order valence-electron chi connectivity index (χ2n) is 2.70. The Morgan fingerprint density at radius 2 is 2.22 bits per heavy atom. The molecule has 0 aromatic heterocycles. The van der Waals surface area contributed by atoms with Gasteiger partial charge in [0.15, 0.2) is 6.29 Å². The van der Waals surface area contributed by atoms with E-state index in [2.05, 4.69) is 0 Å². The molecule has 0 saturated carbocycles. The molecule has 2 rings (SSSR count). The molecular formula is C6H11NO2. The molecule has 2 aliphatic heterocycles. The highest BCUT2D eigenvalue weighted by Gasteiger charge is 2.35. The number of ether oxygens (including phenoxy) is 2. The van der Waals surface area contributed by atoms with E-state index < -0.39 is 0 Å². The van der Waals surface area contributed by atoms with Gasteiger partial charge in [-0.15, -0.1) is 0 Å². The number of fused-ring (bicyclic) bond motifs is 2. The molecule has 3 heteroatoms. The molecule has 0 aromatic carbocycles. The standard InChI is InChI=1S/C6H11NO2/c7-5-2-1-4-3-8-6(5)9-4/h4-6H,1-3,7H2/t4-,5-,6-/m1/s1. The summed E-state index contributed by atoms with van der Waals surface area (Å²) in [7, 11) is 0. The van der Waals surface area contributed by atoms with Crippen molar-refractivity contribution in [3.8, 4) is 0 Å². The van der Waals surface area contributed by atoms with E-state index in [0.717, 1.165) is 19.4 Å². The van der Waals surface area contributed by atoms with Crippen LogP contribution >= 0.6 is 0 Å². The number of hydrogen-bond acceptors (Lipinski definition) is 3. The van der Waals surface area contributed by atoms with Gasteiger partial charge < -0.3 is 15.2 Å². The Labute approximate surface area is 54.1 Å². The zero-order chi connectivity index (χ0) is 6.27. The Morgan fingerprint density at radius 3 is 3.00 bits per heavy atom. The summed E-state index contributed by atoms with van der Waals surface area (Å²) in [6, 6.07) is 0.115. The quantitative estimate of drug-likeness (QED) is 0.494. The highest BCUT2D eigenvalue weighted by Crippen LogP contribution is 2.25. The van der Waals surface area contributed by atoms with E-state index in [1.165, 1.54) is 0 Å². The summed E-state index contributed by atoms with van der Waals surface area (Å²) in [5.74, 6) is 0. The molecule has 2 aliphatic rings. The summed E-state index contributed by atoms with van der Waals surface area (Å²) in [5.41, 5.74) is 5.67. The summed E-state index contributed by atoms with van der Waals surface area (Å²) in [4.78, 5) is 0. The highest BCUT2D eigenvalue weighted by molar-refractivity contribution is 4.80. The fourth-order valence-corrected chi connectivity index (χ4v) is 1.36. The molecule has 2 saturated heterocycles. The maximum atomic E-state index is 5.67. The Kier molecular flexibility index (Phi) is 1.22. The minimum Gasteiger partial charge on any atom is -0.348 e. The first-order valence-electron chi connectivity index (χ1n) is 3.39. The van der Waals surface area contributed by atoms with E-state index >= 15 is 0 Å². The zero-order valence-corrected chi connectivity index (χ0v) is 5.25. The first kappa shape index (κ1) is 5.65. The van der Waals surface area contributed by atoms with Gasteiger partial charge in [-0.25, -0.2) is 0 Å². The lowest BCUT2D eigenvalue weighted by atomic mass is 10.1. The number of hydrogen-bond donors (Lipinski definition) is 1. The van der Waals surface area contributed by atoms with Crippen molar-refractivity contribution in [1.29, 1.82) is 0 Å². The molecule has 2 bridgehead atoms. The fraction of sp³-hybridized carbons (Fsp3) is 1.00. The van der Waals surface area contributed by atoms with Crippen LogP contribution in [-0.2, 0) is 9.47 Å². The van der Waals surface area contributed by atoms with Crippen molar-refractivity contribution in [2.75, 3.05) is 6.61 Å². The fourth-order valence-electron chi connectivity index (χ4n) is 1.36. The largest absolute Gasteiger partial charge is 0.348 e. The van der Waals surface area contributed by atoms with E-state index in [4.69, 9.17) is 15.2 Å². The van der Waals surface area contributed by atoms with Gasteiger partial charge in [0, 0.05) is 0 Å². The van der Waals surface area contributed by atoms with Gasteiger partial charge in [0.25, 0.3) is 0 Å². The second-order valence-corrected chi connectivity index (χ2v) is 2.70. The van der Waals surface area contributed by atoms with Crippen LogP contribution < -0.4 is 5.73 Å². The van der Waals surface area contributed by atoms with Crippen LogP contribution in [0.2, 0.25) is 0 Å². The maximum absolute atomic E-state index is 5.67. The Hall–Kier alpha value is -0.120. The average molecular weight is 129 g/mol. The van der Waals surface area contributed by atoms with Gasteiger partial charge in [0.1, 0.15) is 0 Å². The van der Waals surface area contributed by atoms with Crippen molar-refractivity contribution in [2.24, 2.45) is 5.73 Å². The molecule has 0 amide bonds. The number of nitrogens with two attached hydrogens (primary N) is 1. The van der Waals surface area contributed by atoms with Gasteiger partial charge in [-0.05, 0) is 12.8 Å². The topological polar surface area (TPSA) is 44.5 Å². The first-order chi connectivity index (χ1) is 4.36. The third-order valence-corrected chi connectivity index (χ3v) is 1.94. The molecule has 0 aliphatic carbocycles. The van der Waals surface area contributed by atoms with E-state index in [9.17, 15) is 0 Å². The van der Waals surface area contributed by atoms with Gasteiger partial charge in [-0.1, -0.05) is 0 Å². The molecule has 2 N–H and O–H groups in total. The smallest absolute Gasteiger partial charge is 0.173 e. The third-order valence-electron chi connectivity index (χ3n) is 1.94. The Morgan fingerprint density at radius 1 is 1.33 bits per heavy atom. The van der Waals surface area contributed by atoms with Crippen molar-refractivity contribution in [1.82, 2.24) is 0 Å². The monoisotopic (exact) mass is 129 g/mol. The molecule has 3 atom stereocenters. The molecule has 0 unspecified atom stereocenters. The Bertz CT molecular complexity index is 118. The Balaban J connectivity index is 2.05. The molecule has 0 radical (unpaired) electrons. The summed E-state index contributed by atoms with van der Waals surface area (Å²) >= 11 is 0. The van der Waals surface area contributed by atoms with Crippen molar-refractivity contribution < 1.29 is 9.47 Å². The minimum atomic E-state index is -0.0938. The average Bonchev–Trinajstić information content (AvgIpc) is 2.25. The maximum Gasteiger partial charge on any atom is 0.173 e. The number of rotatable bonds is 0. The van der Waals surface area contributed by atoms with Gasteiger partial charge >= 0.3 is 0 Å². The van der Waals surface area contributed by atoms with Gasteiger partial charge in [-0.3, -0.25) is 0 Å². The summed E-state index contributed by atoms with van der Waals surface area (Å²) < 4.78 is 10.6. The molecule has 3 nitrogen and oxygen atoms in total. The first-order valence-corrected chi connectivity index (χ1v) is 3.39. The van der Waals surface area contributed by atoms with Gasteiger partial charge in [-0.2, -0.15) is 0 Å². The van der Waals surface area contributed by atoms with Crippen LogP contribution in [-0.4, -0.2) is 25.0 Å².